The molecule has 0 saturated heterocycles. The lowest BCUT2D eigenvalue weighted by molar-refractivity contribution is 0.232. The highest BCUT2D eigenvalue weighted by molar-refractivity contribution is 7.89. The van der Waals surface area contributed by atoms with Crippen molar-refractivity contribution in [2.24, 2.45) is 0 Å². The largest absolute Gasteiger partial charge is 0.350 e. The molecule has 66 valence electrons. The van der Waals surface area contributed by atoms with Crippen molar-refractivity contribution in [1.29, 1.82) is 0 Å². The Morgan fingerprint density at radius 1 is 1.64 bits per heavy atom. The van der Waals surface area contributed by atoms with Gasteiger partial charge >= 0.3 is 5.76 Å². The van der Waals surface area contributed by atoms with Crippen molar-refractivity contribution >= 4 is 21.6 Å². The third-order valence-electron chi connectivity index (χ3n) is 0.700. The molecule has 0 aromatic heterocycles. The van der Waals surface area contributed by atoms with E-state index in [0.717, 1.165) is 0 Å². The molecule has 3 nitrogen and oxygen atoms in total. The first kappa shape index (κ1) is 10.8. The lowest BCUT2D eigenvalue weighted by Crippen LogP contribution is -2.30. The molecule has 0 saturated carbocycles. The standard InChI is InChI=1S/C4H6ClF2NO2S/c1-3(5)2-8-11(9,10)4(6)7/h4,8H,1-2H2. The van der Waals surface area contributed by atoms with Crippen molar-refractivity contribution in [3.8, 4) is 0 Å². The smallest absolute Gasteiger partial charge is 0.206 e. The highest BCUT2D eigenvalue weighted by Crippen LogP contribution is 2.02. The van der Waals surface area contributed by atoms with Gasteiger partial charge in [0.2, 0.25) is 0 Å². The van der Waals surface area contributed by atoms with Gasteiger partial charge in [0.05, 0.1) is 0 Å². The maximum Gasteiger partial charge on any atom is 0.350 e. The first-order chi connectivity index (χ1) is 4.86. The predicted molar refractivity (Wildman–Crippen MR) is 37.9 cm³/mol. The minimum Gasteiger partial charge on any atom is -0.206 e. The van der Waals surface area contributed by atoms with Crippen LogP contribution in [0.5, 0.6) is 0 Å². The zero-order chi connectivity index (χ0) is 9.07. The number of alkyl halides is 2. The van der Waals surface area contributed by atoms with Gasteiger partial charge in [-0.05, 0) is 0 Å². The number of halogens is 3. The van der Waals surface area contributed by atoms with Crippen LogP contribution in [-0.4, -0.2) is 20.7 Å². The lowest BCUT2D eigenvalue weighted by Gasteiger charge is -2.02. The first-order valence-corrected chi connectivity index (χ1v) is 4.38. The number of hydrogen-bond donors (Lipinski definition) is 1. The molecular formula is C4H6ClF2NO2S. The second-order valence-corrected chi connectivity index (χ2v) is 3.91. The van der Waals surface area contributed by atoms with Crippen molar-refractivity contribution in [3.63, 3.8) is 0 Å². The Labute approximate surface area is 68.1 Å². The van der Waals surface area contributed by atoms with Crippen molar-refractivity contribution < 1.29 is 17.2 Å². The third kappa shape index (κ3) is 4.28. The van der Waals surface area contributed by atoms with Crippen molar-refractivity contribution in [2.45, 2.75) is 5.76 Å². The van der Waals surface area contributed by atoms with Gasteiger partial charge in [0.1, 0.15) is 0 Å². The van der Waals surface area contributed by atoms with E-state index < -0.39 is 15.8 Å². The summed E-state index contributed by atoms with van der Waals surface area (Å²) in [4.78, 5) is 0. The Morgan fingerprint density at radius 3 is 2.36 bits per heavy atom. The van der Waals surface area contributed by atoms with Crippen LogP contribution in [0.15, 0.2) is 11.6 Å². The summed E-state index contributed by atoms with van der Waals surface area (Å²) in [5.41, 5.74) is 0. The molecule has 1 N–H and O–H groups in total. The van der Waals surface area contributed by atoms with Crippen LogP contribution in [0.1, 0.15) is 0 Å². The van der Waals surface area contributed by atoms with Crippen LogP contribution in [0.25, 0.3) is 0 Å². The Bertz CT molecular complexity index is 238. The molecule has 0 fully saturated rings. The van der Waals surface area contributed by atoms with Crippen LogP contribution in [0.3, 0.4) is 0 Å². The second kappa shape index (κ2) is 3.99. The van der Waals surface area contributed by atoms with Crippen LogP contribution in [0.4, 0.5) is 8.78 Å². The van der Waals surface area contributed by atoms with Gasteiger partial charge < -0.3 is 0 Å². The fraction of sp³-hybridized carbons (Fsp3) is 0.500. The summed E-state index contributed by atoms with van der Waals surface area (Å²) in [6.45, 7) is 2.73. The van der Waals surface area contributed by atoms with Gasteiger partial charge in [-0.25, -0.2) is 13.1 Å². The van der Waals surface area contributed by atoms with E-state index in [1.54, 1.807) is 4.72 Å². The molecule has 0 radical (unpaired) electrons. The molecular weight excluding hydrogens is 200 g/mol. The van der Waals surface area contributed by atoms with Crippen LogP contribution >= 0.6 is 11.6 Å². The quantitative estimate of drug-likeness (QED) is 0.741. The molecule has 0 bridgehead atoms. The van der Waals surface area contributed by atoms with Gasteiger partial charge in [-0.15, -0.1) is 0 Å². The summed E-state index contributed by atoms with van der Waals surface area (Å²) < 4.78 is 45.2. The van der Waals surface area contributed by atoms with Gasteiger partial charge in [0.15, 0.2) is 0 Å². The summed E-state index contributed by atoms with van der Waals surface area (Å²) in [7, 11) is -4.52. The number of rotatable bonds is 4. The fourth-order valence-corrected chi connectivity index (χ4v) is 0.889. The van der Waals surface area contributed by atoms with Crippen LogP contribution < -0.4 is 4.72 Å². The molecule has 0 aromatic rings. The molecule has 0 aliphatic rings. The van der Waals surface area contributed by atoms with E-state index in [1.165, 1.54) is 0 Å². The average molecular weight is 206 g/mol. The number of hydrogen-bond acceptors (Lipinski definition) is 2. The molecule has 0 aromatic carbocycles. The van der Waals surface area contributed by atoms with Gasteiger partial charge in [-0.1, -0.05) is 18.2 Å². The zero-order valence-electron chi connectivity index (χ0n) is 5.35. The Kier molecular flexibility index (Phi) is 3.91. The van der Waals surface area contributed by atoms with E-state index in [-0.39, 0.29) is 11.6 Å². The molecule has 11 heavy (non-hydrogen) atoms. The molecule has 0 aliphatic carbocycles. The van der Waals surface area contributed by atoms with E-state index >= 15 is 0 Å². The average Bonchev–Trinajstić information content (AvgIpc) is 1.84. The molecule has 0 spiro atoms. The van der Waals surface area contributed by atoms with Crippen molar-refractivity contribution in [2.75, 3.05) is 6.54 Å². The van der Waals surface area contributed by atoms with Gasteiger partial charge in [-0.3, -0.25) is 0 Å². The van der Waals surface area contributed by atoms with Gasteiger partial charge in [0.25, 0.3) is 10.0 Å². The maximum absolute atomic E-state index is 11.5. The minimum atomic E-state index is -4.52. The maximum atomic E-state index is 11.5. The predicted octanol–water partition coefficient (Wildman–Crippen LogP) is 0.881. The monoisotopic (exact) mass is 205 g/mol. The van der Waals surface area contributed by atoms with Crippen LogP contribution in [0.2, 0.25) is 0 Å². The highest BCUT2D eigenvalue weighted by atomic mass is 35.5. The number of nitrogens with one attached hydrogen (secondary N) is 1. The lowest BCUT2D eigenvalue weighted by atomic mass is 10.7. The zero-order valence-corrected chi connectivity index (χ0v) is 6.92. The Balaban J connectivity index is 4.05. The summed E-state index contributed by atoms with van der Waals surface area (Å²) in [6, 6.07) is 0. The molecule has 0 unspecified atom stereocenters. The molecule has 0 atom stereocenters. The summed E-state index contributed by atoms with van der Waals surface area (Å²) in [5, 5.41) is -0.0470. The normalized spacial score (nSPS) is 12.0. The third-order valence-corrected chi connectivity index (χ3v) is 1.85. The molecule has 0 aliphatic heterocycles. The molecule has 0 rings (SSSR count). The Morgan fingerprint density at radius 2 is 2.09 bits per heavy atom. The fourth-order valence-electron chi connectivity index (χ4n) is 0.242. The number of sulfonamides is 1. The van der Waals surface area contributed by atoms with E-state index in [1.807, 2.05) is 0 Å². The van der Waals surface area contributed by atoms with E-state index in [2.05, 4.69) is 6.58 Å². The molecule has 0 heterocycles. The summed E-state index contributed by atoms with van der Waals surface area (Å²) >= 11 is 5.12. The van der Waals surface area contributed by atoms with Crippen LogP contribution in [0, 0.1) is 0 Å². The highest BCUT2D eigenvalue weighted by Gasteiger charge is 2.22. The van der Waals surface area contributed by atoms with Crippen LogP contribution in [-0.2, 0) is 10.0 Å². The first-order valence-electron chi connectivity index (χ1n) is 2.46. The minimum absolute atomic E-state index is 0.0470. The molecule has 0 amide bonds. The van der Waals surface area contributed by atoms with Gasteiger partial charge in [-0.2, -0.15) is 8.78 Å². The Hall–Kier alpha value is -0.200. The molecule has 7 heteroatoms. The van der Waals surface area contributed by atoms with Crippen molar-refractivity contribution in [1.82, 2.24) is 4.72 Å². The summed E-state index contributed by atoms with van der Waals surface area (Å²) in [5.74, 6) is -3.43. The van der Waals surface area contributed by atoms with E-state index in [0.29, 0.717) is 0 Å². The second-order valence-electron chi connectivity index (χ2n) is 1.64. The van der Waals surface area contributed by atoms with E-state index in [4.69, 9.17) is 11.6 Å². The SMILES string of the molecule is C=C(Cl)CNS(=O)(=O)C(F)F. The van der Waals surface area contributed by atoms with Crippen molar-refractivity contribution in [3.05, 3.63) is 11.6 Å². The topological polar surface area (TPSA) is 46.2 Å². The van der Waals surface area contributed by atoms with Gasteiger partial charge in [0, 0.05) is 11.6 Å². The summed E-state index contributed by atoms with van der Waals surface area (Å²) in [6.07, 6.45) is 0. The van der Waals surface area contributed by atoms with E-state index in [9.17, 15) is 17.2 Å².